The Labute approximate surface area is 120 Å². The van der Waals surface area contributed by atoms with Crippen molar-refractivity contribution in [3.8, 4) is 0 Å². The molecule has 0 saturated carbocycles. The quantitative estimate of drug-likeness (QED) is 0.875. The smallest absolute Gasteiger partial charge is 0.236 e. The Morgan fingerprint density at radius 2 is 1.95 bits per heavy atom. The van der Waals surface area contributed by atoms with E-state index >= 15 is 0 Å². The van der Waals surface area contributed by atoms with Gasteiger partial charge < -0.3 is 14.8 Å². The van der Waals surface area contributed by atoms with Crippen LogP contribution in [0.2, 0.25) is 0 Å². The molecule has 0 bridgehead atoms. The van der Waals surface area contributed by atoms with Crippen LogP contribution in [0.15, 0.2) is 30.5 Å². The van der Waals surface area contributed by atoms with Gasteiger partial charge in [-0.1, -0.05) is 18.2 Å². The first-order valence-corrected chi connectivity index (χ1v) is 7.18. The molecule has 0 spiro atoms. The molecule has 1 N–H and O–H groups in total. The molecule has 4 heteroatoms. The zero-order valence-corrected chi connectivity index (χ0v) is 12.5. The van der Waals surface area contributed by atoms with E-state index in [-0.39, 0.29) is 5.91 Å². The standard InChI is InChI=1S/C16H23N3O/c1-4-19(5-2)16(20)11-17-10-13-12-18(3)15-9-7-6-8-14(13)15/h6-9,12,17H,4-5,10-11H2,1-3H3. The van der Waals surface area contributed by atoms with Gasteiger partial charge in [-0.05, 0) is 25.5 Å². The van der Waals surface area contributed by atoms with Crippen LogP contribution >= 0.6 is 0 Å². The van der Waals surface area contributed by atoms with Crippen LogP contribution in [-0.2, 0) is 18.4 Å². The fourth-order valence-electron chi connectivity index (χ4n) is 2.56. The van der Waals surface area contributed by atoms with Gasteiger partial charge in [0.25, 0.3) is 0 Å². The summed E-state index contributed by atoms with van der Waals surface area (Å²) in [6.07, 6.45) is 2.12. The number of amides is 1. The summed E-state index contributed by atoms with van der Waals surface area (Å²) < 4.78 is 2.12. The second kappa shape index (κ2) is 6.57. The van der Waals surface area contributed by atoms with E-state index in [4.69, 9.17) is 0 Å². The van der Waals surface area contributed by atoms with E-state index in [0.717, 1.165) is 13.1 Å². The second-order valence-electron chi connectivity index (χ2n) is 4.95. The zero-order valence-electron chi connectivity index (χ0n) is 12.5. The number of nitrogens with one attached hydrogen (secondary N) is 1. The van der Waals surface area contributed by atoms with Crippen molar-refractivity contribution in [2.24, 2.45) is 7.05 Å². The predicted octanol–water partition coefficient (Wildman–Crippen LogP) is 2.14. The number of likely N-dealkylation sites (N-methyl/N-ethyl adjacent to an activating group) is 1. The highest BCUT2D eigenvalue weighted by Crippen LogP contribution is 2.19. The van der Waals surface area contributed by atoms with Crippen LogP contribution in [0.1, 0.15) is 19.4 Å². The minimum Gasteiger partial charge on any atom is -0.350 e. The number of aryl methyl sites for hydroxylation is 1. The number of aromatic nitrogens is 1. The molecule has 0 fully saturated rings. The lowest BCUT2D eigenvalue weighted by molar-refractivity contribution is -0.129. The van der Waals surface area contributed by atoms with Crippen molar-refractivity contribution in [1.29, 1.82) is 0 Å². The van der Waals surface area contributed by atoms with Gasteiger partial charge in [-0.25, -0.2) is 0 Å². The van der Waals surface area contributed by atoms with Gasteiger partial charge >= 0.3 is 0 Å². The molecule has 1 heterocycles. The molecule has 1 aromatic heterocycles. The molecule has 108 valence electrons. The third-order valence-corrected chi connectivity index (χ3v) is 3.69. The van der Waals surface area contributed by atoms with E-state index in [1.807, 2.05) is 37.9 Å². The van der Waals surface area contributed by atoms with Crippen LogP contribution in [0.4, 0.5) is 0 Å². The number of carbonyl (C=O) groups excluding carboxylic acids is 1. The van der Waals surface area contributed by atoms with Gasteiger partial charge in [-0.2, -0.15) is 0 Å². The van der Waals surface area contributed by atoms with E-state index < -0.39 is 0 Å². The summed E-state index contributed by atoms with van der Waals surface area (Å²) in [4.78, 5) is 13.8. The Bertz CT molecular complexity index is 584. The largest absolute Gasteiger partial charge is 0.350 e. The van der Waals surface area contributed by atoms with E-state index in [1.165, 1.54) is 16.5 Å². The molecule has 2 aromatic rings. The van der Waals surface area contributed by atoms with Crippen molar-refractivity contribution in [2.45, 2.75) is 20.4 Å². The van der Waals surface area contributed by atoms with Crippen molar-refractivity contribution in [3.05, 3.63) is 36.0 Å². The lowest BCUT2D eigenvalue weighted by atomic mass is 10.2. The third-order valence-electron chi connectivity index (χ3n) is 3.69. The number of hydrogen-bond acceptors (Lipinski definition) is 2. The highest BCUT2D eigenvalue weighted by Gasteiger charge is 2.10. The normalized spacial score (nSPS) is 10.9. The molecular weight excluding hydrogens is 250 g/mol. The molecule has 2 rings (SSSR count). The summed E-state index contributed by atoms with van der Waals surface area (Å²) in [5, 5.41) is 4.50. The van der Waals surface area contributed by atoms with Crippen molar-refractivity contribution in [1.82, 2.24) is 14.8 Å². The summed E-state index contributed by atoms with van der Waals surface area (Å²) in [7, 11) is 2.05. The molecule has 0 aliphatic carbocycles. The molecule has 20 heavy (non-hydrogen) atoms. The van der Waals surface area contributed by atoms with Crippen LogP contribution < -0.4 is 5.32 Å². The van der Waals surface area contributed by atoms with Gasteiger partial charge in [-0.3, -0.25) is 4.79 Å². The van der Waals surface area contributed by atoms with Crippen molar-refractivity contribution in [3.63, 3.8) is 0 Å². The maximum absolute atomic E-state index is 11.9. The molecule has 0 unspecified atom stereocenters. The molecule has 1 aromatic carbocycles. The first-order valence-electron chi connectivity index (χ1n) is 7.18. The van der Waals surface area contributed by atoms with Crippen LogP contribution in [0, 0.1) is 0 Å². The van der Waals surface area contributed by atoms with Crippen molar-refractivity contribution in [2.75, 3.05) is 19.6 Å². The molecule has 0 aliphatic rings. The maximum Gasteiger partial charge on any atom is 0.236 e. The van der Waals surface area contributed by atoms with Gasteiger partial charge in [0.1, 0.15) is 0 Å². The van der Waals surface area contributed by atoms with Crippen molar-refractivity contribution < 1.29 is 4.79 Å². The molecular formula is C16H23N3O. The lowest BCUT2D eigenvalue weighted by Gasteiger charge is -2.18. The van der Waals surface area contributed by atoms with Crippen molar-refractivity contribution >= 4 is 16.8 Å². The monoisotopic (exact) mass is 273 g/mol. The van der Waals surface area contributed by atoms with Gasteiger partial charge in [0.2, 0.25) is 5.91 Å². The van der Waals surface area contributed by atoms with Crippen LogP contribution in [0.3, 0.4) is 0 Å². The molecule has 1 amide bonds. The van der Waals surface area contributed by atoms with Crippen LogP contribution in [-0.4, -0.2) is 35.0 Å². The predicted molar refractivity (Wildman–Crippen MR) is 82.6 cm³/mol. The number of benzene rings is 1. The summed E-state index contributed by atoms with van der Waals surface area (Å²) in [6, 6.07) is 8.33. The number of hydrogen-bond donors (Lipinski definition) is 1. The number of carbonyl (C=O) groups is 1. The van der Waals surface area contributed by atoms with Gasteiger partial charge in [0.05, 0.1) is 6.54 Å². The SMILES string of the molecule is CCN(CC)C(=O)CNCc1cn(C)c2ccccc12. The summed E-state index contributed by atoms with van der Waals surface area (Å²) in [5.41, 5.74) is 2.45. The number of fused-ring (bicyclic) bond motifs is 1. The zero-order chi connectivity index (χ0) is 14.5. The van der Waals surface area contributed by atoms with Gasteiger partial charge in [-0.15, -0.1) is 0 Å². The van der Waals surface area contributed by atoms with E-state index in [2.05, 4.69) is 28.2 Å². The average molecular weight is 273 g/mol. The fraction of sp³-hybridized carbons (Fsp3) is 0.438. The van der Waals surface area contributed by atoms with E-state index in [0.29, 0.717) is 13.1 Å². The first-order chi connectivity index (χ1) is 9.67. The highest BCUT2D eigenvalue weighted by molar-refractivity contribution is 5.84. The lowest BCUT2D eigenvalue weighted by Crippen LogP contribution is -2.37. The number of para-hydroxylation sites is 1. The van der Waals surface area contributed by atoms with Gasteiger partial charge in [0, 0.05) is 43.8 Å². The van der Waals surface area contributed by atoms with Crippen LogP contribution in [0.5, 0.6) is 0 Å². The Hall–Kier alpha value is -1.81. The molecule has 0 aliphatic heterocycles. The first kappa shape index (κ1) is 14.6. The Kier molecular flexibility index (Phi) is 4.79. The second-order valence-corrected chi connectivity index (χ2v) is 4.95. The summed E-state index contributed by atoms with van der Waals surface area (Å²) in [6.45, 7) is 6.66. The van der Waals surface area contributed by atoms with Gasteiger partial charge in [0.15, 0.2) is 0 Å². The Morgan fingerprint density at radius 3 is 2.65 bits per heavy atom. The topological polar surface area (TPSA) is 37.3 Å². The number of nitrogens with zero attached hydrogens (tertiary/aromatic N) is 2. The summed E-state index contributed by atoms with van der Waals surface area (Å²) >= 11 is 0. The molecule has 4 nitrogen and oxygen atoms in total. The molecule has 0 radical (unpaired) electrons. The fourth-order valence-corrected chi connectivity index (χ4v) is 2.56. The highest BCUT2D eigenvalue weighted by atomic mass is 16.2. The minimum atomic E-state index is 0.162. The Balaban J connectivity index is 1.98. The molecule has 0 atom stereocenters. The summed E-state index contributed by atoms with van der Waals surface area (Å²) in [5.74, 6) is 0.162. The van der Waals surface area contributed by atoms with Crippen LogP contribution in [0.25, 0.3) is 10.9 Å². The molecule has 0 saturated heterocycles. The van der Waals surface area contributed by atoms with E-state index in [9.17, 15) is 4.79 Å². The van der Waals surface area contributed by atoms with E-state index in [1.54, 1.807) is 0 Å². The number of rotatable bonds is 6. The minimum absolute atomic E-state index is 0.162. The Morgan fingerprint density at radius 1 is 1.25 bits per heavy atom. The maximum atomic E-state index is 11.9. The third kappa shape index (κ3) is 3.02. The average Bonchev–Trinajstić information content (AvgIpc) is 2.78.